The van der Waals surface area contributed by atoms with Gasteiger partial charge in [-0.25, -0.2) is 0 Å². The summed E-state index contributed by atoms with van der Waals surface area (Å²) in [6.07, 6.45) is 0. The van der Waals surface area contributed by atoms with Crippen LogP contribution < -0.4 is 0 Å². The second-order valence-corrected chi connectivity index (χ2v) is 4.38. The van der Waals surface area contributed by atoms with Gasteiger partial charge in [-0.15, -0.1) is 0 Å². The molecule has 0 radical (unpaired) electrons. The molecule has 0 saturated carbocycles. The van der Waals surface area contributed by atoms with E-state index in [1.54, 1.807) is 20.8 Å². The van der Waals surface area contributed by atoms with E-state index in [-0.39, 0.29) is 19.8 Å². The average molecular weight is 274 g/mol. The third-order valence-corrected chi connectivity index (χ3v) is 2.57. The second-order valence-electron chi connectivity index (χ2n) is 4.38. The molecule has 0 aliphatic heterocycles. The minimum absolute atomic E-state index is 0.119. The number of hydrogen-bond acceptors (Lipinski definition) is 6. The Bertz CT molecular complexity index is 316. The van der Waals surface area contributed by atoms with Crippen molar-refractivity contribution in [2.24, 2.45) is 11.3 Å². The van der Waals surface area contributed by atoms with Gasteiger partial charge in [0.15, 0.2) is 5.92 Å². The smallest absolute Gasteiger partial charge is 0.321 e. The van der Waals surface area contributed by atoms with Crippen LogP contribution in [0.1, 0.15) is 34.6 Å². The molecule has 0 heterocycles. The number of hydrogen-bond donors (Lipinski definition) is 0. The number of rotatable bonds is 7. The second kappa shape index (κ2) is 7.76. The predicted octanol–water partition coefficient (Wildman–Crippen LogP) is 1.32. The summed E-state index contributed by atoms with van der Waals surface area (Å²) < 4.78 is 14.6. The Morgan fingerprint density at radius 3 is 1.53 bits per heavy atom. The molecule has 0 aliphatic rings. The van der Waals surface area contributed by atoms with E-state index in [2.05, 4.69) is 0 Å². The van der Waals surface area contributed by atoms with E-state index in [9.17, 15) is 14.4 Å². The molecular formula is C13H22O6. The van der Waals surface area contributed by atoms with Crippen molar-refractivity contribution in [1.82, 2.24) is 0 Å². The lowest BCUT2D eigenvalue weighted by molar-refractivity contribution is -0.177. The molecule has 0 aromatic carbocycles. The van der Waals surface area contributed by atoms with Crippen LogP contribution in [-0.4, -0.2) is 37.7 Å². The van der Waals surface area contributed by atoms with Crippen LogP contribution in [0.25, 0.3) is 0 Å². The lowest BCUT2D eigenvalue weighted by Crippen LogP contribution is -2.45. The first-order chi connectivity index (χ1) is 8.82. The van der Waals surface area contributed by atoms with Crippen LogP contribution >= 0.6 is 0 Å². The van der Waals surface area contributed by atoms with Gasteiger partial charge in [0.1, 0.15) is 0 Å². The highest BCUT2D eigenvalue weighted by atomic mass is 16.6. The fraction of sp³-hybridized carbons (Fsp3) is 0.769. The standard InChI is InChI=1S/C13H22O6/c1-6-17-10(14)9(11(15)18-7-2)13(4,5)12(16)19-8-3/h9H,6-8H2,1-5H3. The van der Waals surface area contributed by atoms with Crippen LogP contribution in [0.2, 0.25) is 0 Å². The summed E-state index contributed by atoms with van der Waals surface area (Å²) >= 11 is 0. The maximum absolute atomic E-state index is 11.9. The molecule has 0 aliphatic carbocycles. The third kappa shape index (κ3) is 4.54. The van der Waals surface area contributed by atoms with Crippen molar-refractivity contribution in [2.45, 2.75) is 34.6 Å². The minimum atomic E-state index is -1.34. The molecule has 0 bridgehead atoms. The molecule has 0 atom stereocenters. The van der Waals surface area contributed by atoms with Crippen molar-refractivity contribution in [3.8, 4) is 0 Å². The van der Waals surface area contributed by atoms with Gasteiger partial charge in [-0.05, 0) is 34.6 Å². The first-order valence-corrected chi connectivity index (χ1v) is 6.33. The summed E-state index contributed by atoms with van der Waals surface area (Å²) in [6.45, 7) is 8.22. The first-order valence-electron chi connectivity index (χ1n) is 6.33. The molecule has 6 heteroatoms. The van der Waals surface area contributed by atoms with E-state index in [0.717, 1.165) is 0 Å². The molecule has 19 heavy (non-hydrogen) atoms. The Labute approximate surface area is 113 Å². The van der Waals surface area contributed by atoms with Crippen molar-refractivity contribution in [3.05, 3.63) is 0 Å². The molecule has 6 nitrogen and oxygen atoms in total. The SMILES string of the molecule is CCOC(=O)C(C(=O)OCC)C(C)(C)C(=O)OCC. The van der Waals surface area contributed by atoms with Gasteiger partial charge in [-0.1, -0.05) is 0 Å². The summed E-state index contributed by atoms with van der Waals surface area (Å²) in [7, 11) is 0. The highest BCUT2D eigenvalue weighted by Gasteiger charge is 2.49. The Balaban J connectivity index is 5.26. The fourth-order valence-corrected chi connectivity index (χ4v) is 1.57. The summed E-state index contributed by atoms with van der Waals surface area (Å²) in [6, 6.07) is 0. The Hall–Kier alpha value is -1.59. The molecule has 0 N–H and O–H groups in total. The van der Waals surface area contributed by atoms with Gasteiger partial charge < -0.3 is 14.2 Å². The van der Waals surface area contributed by atoms with Crippen LogP contribution in [0, 0.1) is 11.3 Å². The number of esters is 3. The van der Waals surface area contributed by atoms with Crippen molar-refractivity contribution in [1.29, 1.82) is 0 Å². The molecule has 0 rings (SSSR count). The van der Waals surface area contributed by atoms with E-state index < -0.39 is 29.2 Å². The molecule has 0 saturated heterocycles. The molecule has 0 spiro atoms. The maximum atomic E-state index is 11.9. The quantitative estimate of drug-likeness (QED) is 0.396. The van der Waals surface area contributed by atoms with Crippen LogP contribution in [0.15, 0.2) is 0 Å². The summed E-state index contributed by atoms with van der Waals surface area (Å²) in [5, 5.41) is 0. The zero-order valence-electron chi connectivity index (χ0n) is 12.1. The van der Waals surface area contributed by atoms with E-state index in [1.165, 1.54) is 13.8 Å². The lowest BCUT2D eigenvalue weighted by atomic mass is 9.78. The summed E-state index contributed by atoms with van der Waals surface area (Å²) in [5.74, 6) is -3.52. The number of carbonyl (C=O) groups is 3. The molecule has 0 aromatic heterocycles. The van der Waals surface area contributed by atoms with Crippen molar-refractivity contribution in [2.75, 3.05) is 19.8 Å². The molecular weight excluding hydrogens is 252 g/mol. The van der Waals surface area contributed by atoms with Crippen molar-refractivity contribution >= 4 is 17.9 Å². The van der Waals surface area contributed by atoms with Gasteiger partial charge >= 0.3 is 17.9 Å². The van der Waals surface area contributed by atoms with Crippen LogP contribution in [-0.2, 0) is 28.6 Å². The third-order valence-electron chi connectivity index (χ3n) is 2.57. The van der Waals surface area contributed by atoms with Gasteiger partial charge in [0.2, 0.25) is 0 Å². The summed E-state index contributed by atoms with van der Waals surface area (Å²) in [5.41, 5.74) is -1.34. The Kier molecular flexibility index (Phi) is 7.11. The zero-order valence-corrected chi connectivity index (χ0v) is 12.1. The highest BCUT2D eigenvalue weighted by molar-refractivity contribution is 6.00. The fourth-order valence-electron chi connectivity index (χ4n) is 1.57. The van der Waals surface area contributed by atoms with E-state index in [0.29, 0.717) is 0 Å². The zero-order chi connectivity index (χ0) is 15.1. The first kappa shape index (κ1) is 17.4. The average Bonchev–Trinajstić information content (AvgIpc) is 2.29. The largest absolute Gasteiger partial charge is 0.466 e. The van der Waals surface area contributed by atoms with Crippen molar-refractivity contribution in [3.63, 3.8) is 0 Å². The monoisotopic (exact) mass is 274 g/mol. The summed E-state index contributed by atoms with van der Waals surface area (Å²) in [4.78, 5) is 35.7. The topological polar surface area (TPSA) is 78.9 Å². The van der Waals surface area contributed by atoms with Crippen LogP contribution in [0.3, 0.4) is 0 Å². The highest BCUT2D eigenvalue weighted by Crippen LogP contribution is 2.31. The predicted molar refractivity (Wildman–Crippen MR) is 67.2 cm³/mol. The van der Waals surface area contributed by atoms with Gasteiger partial charge in [0.05, 0.1) is 25.2 Å². The number of ether oxygens (including phenoxy) is 3. The lowest BCUT2D eigenvalue weighted by Gasteiger charge is -2.28. The Morgan fingerprint density at radius 1 is 0.842 bits per heavy atom. The number of carbonyl (C=O) groups excluding carboxylic acids is 3. The maximum Gasteiger partial charge on any atom is 0.321 e. The molecule has 0 aromatic rings. The van der Waals surface area contributed by atoms with Gasteiger partial charge in [-0.3, -0.25) is 14.4 Å². The van der Waals surface area contributed by atoms with Crippen LogP contribution in [0.5, 0.6) is 0 Å². The van der Waals surface area contributed by atoms with Crippen LogP contribution in [0.4, 0.5) is 0 Å². The van der Waals surface area contributed by atoms with E-state index >= 15 is 0 Å². The molecule has 0 unspecified atom stereocenters. The van der Waals surface area contributed by atoms with E-state index in [4.69, 9.17) is 14.2 Å². The normalized spacial score (nSPS) is 11.1. The Morgan fingerprint density at radius 2 is 1.21 bits per heavy atom. The molecule has 110 valence electrons. The molecule has 0 amide bonds. The van der Waals surface area contributed by atoms with Gasteiger partial charge in [-0.2, -0.15) is 0 Å². The van der Waals surface area contributed by atoms with Crippen molar-refractivity contribution < 1.29 is 28.6 Å². The minimum Gasteiger partial charge on any atom is -0.466 e. The van der Waals surface area contributed by atoms with Gasteiger partial charge in [0.25, 0.3) is 0 Å². The van der Waals surface area contributed by atoms with E-state index in [1.807, 2.05) is 0 Å². The van der Waals surface area contributed by atoms with Gasteiger partial charge in [0, 0.05) is 0 Å². The molecule has 0 fully saturated rings.